The summed E-state index contributed by atoms with van der Waals surface area (Å²) in [5, 5.41) is 9.33. The van der Waals surface area contributed by atoms with E-state index in [1.807, 2.05) is 13.8 Å². The lowest BCUT2D eigenvalue weighted by Gasteiger charge is -2.24. The Morgan fingerprint density at radius 3 is 2.67 bits per heavy atom. The summed E-state index contributed by atoms with van der Waals surface area (Å²) in [6, 6.07) is 0. The van der Waals surface area contributed by atoms with Crippen LogP contribution in [0.5, 0.6) is 0 Å². The van der Waals surface area contributed by atoms with Crippen LogP contribution in [0.25, 0.3) is 0 Å². The van der Waals surface area contributed by atoms with E-state index < -0.39 is 12.3 Å². The Bertz CT molecular complexity index is 270. The molecule has 1 aliphatic heterocycles. The van der Waals surface area contributed by atoms with E-state index in [-0.39, 0.29) is 18.1 Å². The van der Waals surface area contributed by atoms with Crippen molar-refractivity contribution in [1.29, 1.82) is 0 Å². The van der Waals surface area contributed by atoms with Crippen LogP contribution >= 0.6 is 0 Å². The number of aliphatic hydroxyl groups is 1. The van der Waals surface area contributed by atoms with Crippen molar-refractivity contribution in [2.45, 2.75) is 39.6 Å². The van der Waals surface area contributed by atoms with Gasteiger partial charge in [-0.2, -0.15) is 0 Å². The summed E-state index contributed by atoms with van der Waals surface area (Å²) in [4.78, 5) is 11.2. The lowest BCUT2D eigenvalue weighted by atomic mass is 9.86. The van der Waals surface area contributed by atoms with Gasteiger partial charge < -0.3 is 14.6 Å². The maximum absolute atomic E-state index is 11.2. The molecule has 4 heteroatoms. The molecule has 15 heavy (non-hydrogen) atoms. The zero-order valence-electron chi connectivity index (χ0n) is 9.45. The third kappa shape index (κ3) is 3.04. The Kier molecular flexibility index (Phi) is 3.52. The Balaban J connectivity index is 2.46. The van der Waals surface area contributed by atoms with Gasteiger partial charge in [-0.3, -0.25) is 0 Å². The van der Waals surface area contributed by atoms with Gasteiger partial charge in [0, 0.05) is 12.0 Å². The fraction of sp³-hybridized carbons (Fsp3) is 0.727. The van der Waals surface area contributed by atoms with Crippen LogP contribution < -0.4 is 0 Å². The average molecular weight is 214 g/mol. The molecule has 1 N–H and O–H groups in total. The monoisotopic (exact) mass is 214 g/mol. The number of hydrogen-bond acceptors (Lipinski definition) is 4. The van der Waals surface area contributed by atoms with Crippen LogP contribution in [-0.2, 0) is 14.3 Å². The van der Waals surface area contributed by atoms with Gasteiger partial charge in [0.05, 0.1) is 0 Å². The summed E-state index contributed by atoms with van der Waals surface area (Å²) in [6.07, 6.45) is -0.452. The van der Waals surface area contributed by atoms with Crippen molar-refractivity contribution < 1.29 is 19.4 Å². The number of aliphatic hydroxyl groups excluding tert-OH is 1. The Morgan fingerprint density at radius 1 is 1.67 bits per heavy atom. The predicted molar refractivity (Wildman–Crippen MR) is 55.1 cm³/mol. The highest BCUT2D eigenvalue weighted by Gasteiger charge is 2.41. The van der Waals surface area contributed by atoms with Gasteiger partial charge in [-0.25, -0.2) is 4.79 Å². The molecule has 0 aromatic carbocycles. The summed E-state index contributed by atoms with van der Waals surface area (Å²) in [7, 11) is 0. The van der Waals surface area contributed by atoms with Crippen molar-refractivity contribution in [3.63, 3.8) is 0 Å². The zero-order valence-corrected chi connectivity index (χ0v) is 9.45. The Hall–Kier alpha value is -0.870. The largest absolute Gasteiger partial charge is 0.460 e. The van der Waals surface area contributed by atoms with Crippen LogP contribution in [-0.4, -0.2) is 30.1 Å². The third-order valence-electron chi connectivity index (χ3n) is 2.61. The van der Waals surface area contributed by atoms with Crippen molar-refractivity contribution in [2.75, 3.05) is 6.61 Å². The third-order valence-corrected chi connectivity index (χ3v) is 2.61. The highest BCUT2D eigenvalue weighted by atomic mass is 16.6. The molecule has 0 spiro atoms. The highest BCUT2D eigenvalue weighted by molar-refractivity contribution is 5.86. The molecule has 0 aromatic heterocycles. The van der Waals surface area contributed by atoms with Gasteiger partial charge in [0.1, 0.15) is 12.7 Å². The van der Waals surface area contributed by atoms with Crippen molar-refractivity contribution in [3.8, 4) is 0 Å². The lowest BCUT2D eigenvalue weighted by molar-refractivity contribution is -0.150. The normalized spacial score (nSPS) is 28.8. The lowest BCUT2D eigenvalue weighted by Crippen LogP contribution is -2.30. The number of esters is 1. The average Bonchev–Trinajstić information content (AvgIpc) is 2.34. The maximum atomic E-state index is 11.2. The number of carbonyl (C=O) groups excluding carboxylic acids is 1. The number of carbonyl (C=O) groups is 1. The molecule has 1 heterocycles. The van der Waals surface area contributed by atoms with Gasteiger partial charge in [-0.15, -0.1) is 0 Å². The molecule has 0 aromatic rings. The zero-order chi connectivity index (χ0) is 11.6. The molecule has 0 amide bonds. The molecular weight excluding hydrogens is 196 g/mol. The van der Waals surface area contributed by atoms with E-state index in [9.17, 15) is 9.90 Å². The summed E-state index contributed by atoms with van der Waals surface area (Å²) in [6.45, 7) is 9.19. The molecule has 2 atom stereocenters. The number of hydrogen-bond donors (Lipinski definition) is 1. The van der Waals surface area contributed by atoms with Crippen LogP contribution in [0.1, 0.15) is 27.2 Å². The van der Waals surface area contributed by atoms with Gasteiger partial charge in [0.15, 0.2) is 6.29 Å². The second kappa shape index (κ2) is 4.33. The van der Waals surface area contributed by atoms with E-state index in [4.69, 9.17) is 9.47 Å². The SMILES string of the molecule is C=C(C)C(=O)OCC1OC(O)CC1(C)C. The number of ether oxygens (including phenoxy) is 2. The van der Waals surface area contributed by atoms with E-state index in [1.54, 1.807) is 6.92 Å². The van der Waals surface area contributed by atoms with E-state index in [0.29, 0.717) is 12.0 Å². The maximum Gasteiger partial charge on any atom is 0.333 e. The fourth-order valence-electron chi connectivity index (χ4n) is 1.54. The van der Waals surface area contributed by atoms with Gasteiger partial charge in [-0.1, -0.05) is 20.4 Å². The molecule has 1 aliphatic rings. The van der Waals surface area contributed by atoms with Crippen LogP contribution in [0.15, 0.2) is 12.2 Å². The van der Waals surface area contributed by atoms with Crippen LogP contribution in [0.4, 0.5) is 0 Å². The molecule has 0 bridgehead atoms. The summed E-state index contributed by atoms with van der Waals surface area (Å²) < 4.78 is 10.3. The molecule has 4 nitrogen and oxygen atoms in total. The molecule has 1 rings (SSSR count). The minimum Gasteiger partial charge on any atom is -0.460 e. The van der Waals surface area contributed by atoms with E-state index in [2.05, 4.69) is 6.58 Å². The fourth-order valence-corrected chi connectivity index (χ4v) is 1.54. The van der Waals surface area contributed by atoms with Crippen molar-refractivity contribution in [2.24, 2.45) is 5.41 Å². The summed E-state index contributed by atoms with van der Waals surface area (Å²) >= 11 is 0. The topological polar surface area (TPSA) is 55.8 Å². The predicted octanol–water partition coefficient (Wildman–Crippen LogP) is 1.24. The van der Waals surface area contributed by atoms with E-state index >= 15 is 0 Å². The molecule has 86 valence electrons. The molecule has 0 radical (unpaired) electrons. The first-order valence-corrected chi connectivity index (χ1v) is 4.99. The minimum atomic E-state index is -0.756. The quantitative estimate of drug-likeness (QED) is 0.567. The molecule has 1 saturated heterocycles. The first-order chi connectivity index (χ1) is 6.83. The Labute approximate surface area is 89.9 Å². The molecule has 1 fully saturated rings. The molecular formula is C11H18O4. The van der Waals surface area contributed by atoms with Crippen molar-refractivity contribution in [1.82, 2.24) is 0 Å². The van der Waals surface area contributed by atoms with Gasteiger partial charge >= 0.3 is 5.97 Å². The standard InChI is InChI=1S/C11H18O4/c1-7(2)10(13)14-6-8-11(3,4)5-9(12)15-8/h8-9,12H,1,5-6H2,2-4H3. The van der Waals surface area contributed by atoms with Crippen molar-refractivity contribution in [3.05, 3.63) is 12.2 Å². The second-order valence-electron chi connectivity index (χ2n) is 4.65. The highest BCUT2D eigenvalue weighted by Crippen LogP contribution is 2.36. The van der Waals surface area contributed by atoms with Crippen LogP contribution in [0.2, 0.25) is 0 Å². The summed E-state index contributed by atoms with van der Waals surface area (Å²) in [5.41, 5.74) is 0.195. The van der Waals surface area contributed by atoms with Gasteiger partial charge in [0.2, 0.25) is 0 Å². The molecule has 0 aliphatic carbocycles. The first kappa shape index (κ1) is 12.2. The molecule has 2 unspecified atom stereocenters. The smallest absolute Gasteiger partial charge is 0.333 e. The summed E-state index contributed by atoms with van der Waals surface area (Å²) in [5.74, 6) is -0.421. The Morgan fingerprint density at radius 2 is 2.27 bits per heavy atom. The van der Waals surface area contributed by atoms with Gasteiger partial charge in [0.25, 0.3) is 0 Å². The van der Waals surface area contributed by atoms with Crippen molar-refractivity contribution >= 4 is 5.97 Å². The minimum absolute atomic E-state index is 0.162. The van der Waals surface area contributed by atoms with E-state index in [1.165, 1.54) is 0 Å². The van der Waals surface area contributed by atoms with E-state index in [0.717, 1.165) is 0 Å². The number of rotatable bonds is 3. The van der Waals surface area contributed by atoms with Crippen LogP contribution in [0, 0.1) is 5.41 Å². The second-order valence-corrected chi connectivity index (χ2v) is 4.65. The first-order valence-electron chi connectivity index (χ1n) is 4.99. The van der Waals surface area contributed by atoms with Crippen LogP contribution in [0.3, 0.4) is 0 Å². The molecule has 0 saturated carbocycles. The van der Waals surface area contributed by atoms with Gasteiger partial charge in [-0.05, 0) is 12.3 Å².